The van der Waals surface area contributed by atoms with Crippen molar-refractivity contribution in [3.05, 3.63) is 0 Å². The normalized spacial score (nSPS) is 20.5. The molecule has 0 spiro atoms. The lowest BCUT2D eigenvalue weighted by atomic mass is 9.95. The molecule has 0 saturated heterocycles. The first-order valence-corrected chi connectivity index (χ1v) is 4.95. The molecule has 1 aliphatic carbocycles. The third kappa shape index (κ3) is 4.00. The van der Waals surface area contributed by atoms with Crippen LogP contribution in [0.4, 0.5) is 8.78 Å². The minimum atomic E-state index is -2.74. The average molecular weight is 192 g/mol. The van der Waals surface area contributed by atoms with Gasteiger partial charge >= 0.3 is 0 Å². The number of hydrogen-bond acceptors (Lipinski definition) is 2. The van der Waals surface area contributed by atoms with Crippen molar-refractivity contribution < 1.29 is 8.78 Å². The topological polar surface area (TPSA) is 38.0 Å². The fourth-order valence-electron chi connectivity index (χ4n) is 1.67. The summed E-state index contributed by atoms with van der Waals surface area (Å²) in [5.41, 5.74) is 4.93. The molecule has 0 radical (unpaired) electrons. The van der Waals surface area contributed by atoms with Crippen LogP contribution in [0.5, 0.6) is 0 Å². The van der Waals surface area contributed by atoms with Crippen LogP contribution in [0.1, 0.15) is 32.1 Å². The molecule has 1 saturated carbocycles. The van der Waals surface area contributed by atoms with Gasteiger partial charge in [0, 0.05) is 6.04 Å². The molecule has 0 aromatic carbocycles. The second-order valence-corrected chi connectivity index (χ2v) is 3.78. The lowest BCUT2D eigenvalue weighted by Gasteiger charge is -2.25. The molecule has 3 N–H and O–H groups in total. The summed E-state index contributed by atoms with van der Waals surface area (Å²) in [6.07, 6.45) is 5.62. The van der Waals surface area contributed by atoms with E-state index >= 15 is 0 Å². The van der Waals surface area contributed by atoms with Gasteiger partial charge in [0.2, 0.25) is 0 Å². The first-order chi connectivity index (χ1) is 6.14. The summed E-state index contributed by atoms with van der Waals surface area (Å²) < 4.78 is 25.4. The Morgan fingerprint density at radius 2 is 1.85 bits per heavy atom. The zero-order chi connectivity index (χ0) is 9.73. The summed E-state index contributed by atoms with van der Waals surface area (Å²) in [5.74, 6) is -2.74. The molecular formula is C9H18F2N2. The maximum atomic E-state index is 12.7. The van der Waals surface area contributed by atoms with Gasteiger partial charge in [-0.25, -0.2) is 8.78 Å². The molecule has 0 heterocycles. The Morgan fingerprint density at radius 3 is 2.38 bits per heavy atom. The van der Waals surface area contributed by atoms with Crippen molar-refractivity contribution in [1.82, 2.24) is 5.32 Å². The Labute approximate surface area is 77.9 Å². The molecule has 1 aliphatic rings. The van der Waals surface area contributed by atoms with Crippen LogP contribution >= 0.6 is 0 Å². The van der Waals surface area contributed by atoms with E-state index in [2.05, 4.69) is 5.32 Å². The van der Waals surface area contributed by atoms with Gasteiger partial charge in [-0.15, -0.1) is 0 Å². The van der Waals surface area contributed by atoms with Crippen LogP contribution in [0, 0.1) is 0 Å². The molecule has 0 aliphatic heterocycles. The summed E-state index contributed by atoms with van der Waals surface area (Å²) in [4.78, 5) is 0. The molecule has 0 aromatic heterocycles. The largest absolute Gasteiger partial charge is 0.325 e. The van der Waals surface area contributed by atoms with E-state index in [4.69, 9.17) is 5.73 Å². The summed E-state index contributed by atoms with van der Waals surface area (Å²) in [7, 11) is 0. The van der Waals surface area contributed by atoms with Gasteiger partial charge in [0.05, 0.1) is 13.1 Å². The molecule has 13 heavy (non-hydrogen) atoms. The van der Waals surface area contributed by atoms with Crippen LogP contribution in [0.3, 0.4) is 0 Å². The third-order valence-corrected chi connectivity index (χ3v) is 2.55. The van der Waals surface area contributed by atoms with Gasteiger partial charge in [-0.3, -0.25) is 0 Å². The molecule has 0 unspecified atom stereocenters. The van der Waals surface area contributed by atoms with E-state index in [9.17, 15) is 8.78 Å². The quantitative estimate of drug-likeness (QED) is 0.708. The monoisotopic (exact) mass is 192 g/mol. The van der Waals surface area contributed by atoms with Crippen molar-refractivity contribution >= 4 is 0 Å². The van der Waals surface area contributed by atoms with Gasteiger partial charge in [0.15, 0.2) is 0 Å². The molecule has 0 atom stereocenters. The fourth-order valence-corrected chi connectivity index (χ4v) is 1.67. The van der Waals surface area contributed by atoms with Crippen molar-refractivity contribution in [2.75, 3.05) is 13.1 Å². The van der Waals surface area contributed by atoms with Crippen molar-refractivity contribution in [1.29, 1.82) is 0 Å². The molecular weight excluding hydrogens is 174 g/mol. The van der Waals surface area contributed by atoms with Crippen molar-refractivity contribution in [2.24, 2.45) is 5.73 Å². The zero-order valence-electron chi connectivity index (χ0n) is 7.86. The van der Waals surface area contributed by atoms with Gasteiger partial charge in [0.1, 0.15) is 0 Å². The third-order valence-electron chi connectivity index (χ3n) is 2.55. The van der Waals surface area contributed by atoms with E-state index in [1.807, 2.05) is 0 Å². The lowest BCUT2D eigenvalue weighted by Crippen LogP contribution is -2.43. The highest BCUT2D eigenvalue weighted by Gasteiger charge is 2.27. The number of rotatable bonds is 4. The predicted octanol–water partition coefficient (Wildman–Crippen LogP) is 1.50. The zero-order valence-corrected chi connectivity index (χ0v) is 7.86. The van der Waals surface area contributed by atoms with Gasteiger partial charge in [0.25, 0.3) is 5.92 Å². The van der Waals surface area contributed by atoms with E-state index in [1.165, 1.54) is 6.42 Å². The first-order valence-electron chi connectivity index (χ1n) is 4.95. The molecule has 0 bridgehead atoms. The highest BCUT2D eigenvalue weighted by Crippen LogP contribution is 2.18. The fraction of sp³-hybridized carbons (Fsp3) is 1.00. The minimum Gasteiger partial charge on any atom is -0.325 e. The molecule has 0 amide bonds. The van der Waals surface area contributed by atoms with Crippen LogP contribution in [0.2, 0.25) is 0 Å². The van der Waals surface area contributed by atoms with E-state index in [1.54, 1.807) is 0 Å². The van der Waals surface area contributed by atoms with Crippen molar-refractivity contribution in [3.63, 3.8) is 0 Å². The highest BCUT2D eigenvalue weighted by molar-refractivity contribution is 4.77. The SMILES string of the molecule is NCC(F)(F)CNC1CCCCC1. The van der Waals surface area contributed by atoms with Crippen molar-refractivity contribution in [2.45, 2.75) is 44.1 Å². The number of hydrogen-bond donors (Lipinski definition) is 2. The molecule has 2 nitrogen and oxygen atoms in total. The molecule has 1 rings (SSSR count). The summed E-state index contributed by atoms with van der Waals surface area (Å²) >= 11 is 0. The molecule has 78 valence electrons. The Hall–Kier alpha value is -0.220. The van der Waals surface area contributed by atoms with E-state index in [0.717, 1.165) is 25.7 Å². The van der Waals surface area contributed by atoms with Crippen molar-refractivity contribution in [3.8, 4) is 0 Å². The summed E-state index contributed by atoms with van der Waals surface area (Å²) in [5, 5.41) is 2.88. The maximum absolute atomic E-state index is 12.7. The Balaban J connectivity index is 2.17. The second-order valence-electron chi connectivity index (χ2n) is 3.78. The lowest BCUT2D eigenvalue weighted by molar-refractivity contribution is 0.00806. The van der Waals surface area contributed by atoms with Gasteiger partial charge in [-0.1, -0.05) is 19.3 Å². The second kappa shape index (κ2) is 4.86. The number of halogens is 2. The van der Waals surface area contributed by atoms with Gasteiger partial charge in [-0.05, 0) is 12.8 Å². The Kier molecular flexibility index (Phi) is 4.06. The molecule has 0 aromatic rings. The van der Waals surface area contributed by atoms with Gasteiger partial charge < -0.3 is 11.1 Å². The number of nitrogens with two attached hydrogens (primary N) is 1. The van der Waals surface area contributed by atoms with Crippen LogP contribution in [-0.2, 0) is 0 Å². The number of alkyl halides is 2. The molecule has 4 heteroatoms. The van der Waals surface area contributed by atoms with E-state index < -0.39 is 12.5 Å². The smallest absolute Gasteiger partial charge is 0.272 e. The van der Waals surface area contributed by atoms with Crippen LogP contribution in [-0.4, -0.2) is 25.1 Å². The minimum absolute atomic E-state index is 0.270. The summed E-state index contributed by atoms with van der Waals surface area (Å²) in [6.45, 7) is -0.832. The Morgan fingerprint density at radius 1 is 1.23 bits per heavy atom. The van der Waals surface area contributed by atoms with Crippen LogP contribution in [0.25, 0.3) is 0 Å². The summed E-state index contributed by atoms with van der Waals surface area (Å²) in [6, 6.07) is 0.283. The standard InChI is InChI=1S/C9H18F2N2/c10-9(11,6-12)7-13-8-4-2-1-3-5-8/h8,13H,1-7,12H2. The van der Waals surface area contributed by atoms with E-state index in [-0.39, 0.29) is 12.6 Å². The van der Waals surface area contributed by atoms with Gasteiger partial charge in [-0.2, -0.15) is 0 Å². The Bertz CT molecular complexity index is 145. The maximum Gasteiger partial charge on any atom is 0.272 e. The van der Waals surface area contributed by atoms with Crippen LogP contribution < -0.4 is 11.1 Å². The average Bonchev–Trinajstić information content (AvgIpc) is 2.17. The predicted molar refractivity (Wildman–Crippen MR) is 48.9 cm³/mol. The molecule has 1 fully saturated rings. The van der Waals surface area contributed by atoms with E-state index in [0.29, 0.717) is 0 Å². The number of nitrogens with one attached hydrogen (secondary N) is 1. The highest BCUT2D eigenvalue weighted by atomic mass is 19.3. The van der Waals surface area contributed by atoms with Crippen LogP contribution in [0.15, 0.2) is 0 Å². The first kappa shape index (κ1) is 10.9.